The molecule has 1 saturated heterocycles. The SMILES string of the molecule is Cn1nccc1[C@H]1[C@@H](N)CCC(=O)N1C1CC1. The highest BCUT2D eigenvalue weighted by Gasteiger charge is 2.43. The molecule has 5 nitrogen and oxygen atoms in total. The lowest BCUT2D eigenvalue weighted by Crippen LogP contribution is -2.50. The van der Waals surface area contributed by atoms with Gasteiger partial charge in [0.25, 0.3) is 0 Å². The summed E-state index contributed by atoms with van der Waals surface area (Å²) in [6.07, 6.45) is 5.37. The molecular weight excluding hydrogens is 216 g/mol. The smallest absolute Gasteiger partial charge is 0.223 e. The summed E-state index contributed by atoms with van der Waals surface area (Å²) in [6, 6.07) is 2.42. The first-order valence-electron chi connectivity index (χ1n) is 6.23. The third-order valence-corrected chi connectivity index (χ3v) is 3.79. The summed E-state index contributed by atoms with van der Waals surface area (Å²) in [6.45, 7) is 0. The predicted molar refractivity (Wildman–Crippen MR) is 63.0 cm³/mol. The van der Waals surface area contributed by atoms with E-state index in [2.05, 4.69) is 5.10 Å². The van der Waals surface area contributed by atoms with Crippen molar-refractivity contribution < 1.29 is 4.79 Å². The number of likely N-dealkylation sites (tertiary alicyclic amines) is 1. The molecule has 1 amide bonds. The van der Waals surface area contributed by atoms with E-state index in [1.165, 1.54) is 0 Å². The molecule has 0 bridgehead atoms. The van der Waals surface area contributed by atoms with Crippen molar-refractivity contribution in [2.24, 2.45) is 12.8 Å². The molecule has 2 heterocycles. The second kappa shape index (κ2) is 3.84. The van der Waals surface area contributed by atoms with Gasteiger partial charge in [-0.05, 0) is 25.3 Å². The Morgan fingerprint density at radius 3 is 2.76 bits per heavy atom. The van der Waals surface area contributed by atoms with Crippen LogP contribution >= 0.6 is 0 Å². The maximum absolute atomic E-state index is 12.1. The molecule has 2 fully saturated rings. The van der Waals surface area contributed by atoms with E-state index in [1.54, 1.807) is 6.20 Å². The number of nitrogens with two attached hydrogens (primary N) is 1. The lowest BCUT2D eigenvalue weighted by atomic mass is 9.93. The minimum Gasteiger partial charge on any atom is -0.330 e. The highest BCUT2D eigenvalue weighted by molar-refractivity contribution is 5.78. The second-order valence-electron chi connectivity index (χ2n) is 5.06. The van der Waals surface area contributed by atoms with Crippen molar-refractivity contribution in [2.75, 3.05) is 0 Å². The van der Waals surface area contributed by atoms with Crippen molar-refractivity contribution in [3.63, 3.8) is 0 Å². The number of rotatable bonds is 2. The van der Waals surface area contributed by atoms with Gasteiger partial charge in [-0.25, -0.2) is 0 Å². The number of carbonyl (C=O) groups excluding carboxylic acids is 1. The fraction of sp³-hybridized carbons (Fsp3) is 0.667. The average molecular weight is 234 g/mol. The first-order chi connectivity index (χ1) is 8.18. The van der Waals surface area contributed by atoms with Gasteiger partial charge in [-0.1, -0.05) is 0 Å². The van der Waals surface area contributed by atoms with Gasteiger partial charge in [0.2, 0.25) is 5.91 Å². The molecule has 2 aliphatic rings. The molecule has 0 radical (unpaired) electrons. The Hall–Kier alpha value is -1.36. The Morgan fingerprint density at radius 1 is 1.41 bits per heavy atom. The molecule has 2 atom stereocenters. The van der Waals surface area contributed by atoms with Gasteiger partial charge >= 0.3 is 0 Å². The fourth-order valence-electron chi connectivity index (χ4n) is 2.76. The first kappa shape index (κ1) is 10.8. The van der Waals surface area contributed by atoms with Crippen molar-refractivity contribution in [2.45, 2.75) is 43.8 Å². The zero-order valence-corrected chi connectivity index (χ0v) is 10.0. The van der Waals surface area contributed by atoms with Crippen LogP contribution in [0.4, 0.5) is 0 Å². The summed E-state index contributed by atoms with van der Waals surface area (Å²) in [5.41, 5.74) is 7.28. The zero-order valence-electron chi connectivity index (χ0n) is 10.0. The number of hydrogen-bond donors (Lipinski definition) is 1. The van der Waals surface area contributed by atoms with Crippen LogP contribution < -0.4 is 5.73 Å². The molecule has 2 N–H and O–H groups in total. The molecule has 0 spiro atoms. The summed E-state index contributed by atoms with van der Waals surface area (Å²) >= 11 is 0. The second-order valence-corrected chi connectivity index (χ2v) is 5.06. The van der Waals surface area contributed by atoms with Gasteiger partial charge in [0, 0.05) is 31.7 Å². The number of piperidine rings is 1. The van der Waals surface area contributed by atoms with Gasteiger partial charge in [0.05, 0.1) is 11.7 Å². The van der Waals surface area contributed by atoms with Crippen LogP contribution in [-0.2, 0) is 11.8 Å². The van der Waals surface area contributed by atoms with E-state index in [-0.39, 0.29) is 18.0 Å². The molecule has 5 heteroatoms. The Balaban J connectivity index is 1.97. The monoisotopic (exact) mass is 234 g/mol. The van der Waals surface area contributed by atoms with E-state index in [1.807, 2.05) is 22.7 Å². The minimum atomic E-state index is 0.0104. The van der Waals surface area contributed by atoms with Gasteiger partial charge in [-0.3, -0.25) is 9.48 Å². The predicted octanol–water partition coefficient (Wildman–Crippen LogP) is 0.573. The standard InChI is InChI=1S/C12H18N4O/c1-15-10(6-7-14-15)12-9(13)4-5-11(17)16(12)8-2-3-8/h6-9,12H,2-5,13H2,1H3/t9-,12+/m0/s1. The van der Waals surface area contributed by atoms with Crippen LogP contribution in [0.25, 0.3) is 0 Å². The molecule has 1 saturated carbocycles. The number of nitrogens with zero attached hydrogens (tertiary/aromatic N) is 3. The summed E-state index contributed by atoms with van der Waals surface area (Å²) in [5, 5.41) is 4.19. The summed E-state index contributed by atoms with van der Waals surface area (Å²) < 4.78 is 1.83. The van der Waals surface area contributed by atoms with Crippen LogP contribution in [0.5, 0.6) is 0 Å². The molecule has 1 aromatic rings. The maximum atomic E-state index is 12.1. The first-order valence-corrected chi connectivity index (χ1v) is 6.23. The third-order valence-electron chi connectivity index (χ3n) is 3.79. The zero-order chi connectivity index (χ0) is 12.0. The van der Waals surface area contributed by atoms with Crippen LogP contribution in [0.3, 0.4) is 0 Å². The van der Waals surface area contributed by atoms with E-state index in [0.717, 1.165) is 25.0 Å². The highest BCUT2D eigenvalue weighted by Crippen LogP contribution is 2.39. The highest BCUT2D eigenvalue weighted by atomic mass is 16.2. The molecule has 1 aliphatic heterocycles. The van der Waals surface area contributed by atoms with Crippen molar-refractivity contribution in [3.05, 3.63) is 18.0 Å². The number of hydrogen-bond acceptors (Lipinski definition) is 3. The van der Waals surface area contributed by atoms with Crippen LogP contribution in [0.2, 0.25) is 0 Å². The molecular formula is C12H18N4O. The van der Waals surface area contributed by atoms with E-state index in [9.17, 15) is 4.79 Å². The third kappa shape index (κ3) is 1.74. The van der Waals surface area contributed by atoms with Gasteiger partial charge in [0.15, 0.2) is 0 Å². The van der Waals surface area contributed by atoms with Crippen molar-refractivity contribution in [3.8, 4) is 0 Å². The Bertz CT molecular complexity index is 437. The fourth-order valence-corrected chi connectivity index (χ4v) is 2.76. The minimum absolute atomic E-state index is 0.0104. The molecule has 0 unspecified atom stereocenters. The summed E-state index contributed by atoms with van der Waals surface area (Å²) in [4.78, 5) is 14.1. The molecule has 0 aromatic carbocycles. The van der Waals surface area contributed by atoms with Gasteiger partial charge < -0.3 is 10.6 Å². The Kier molecular flexibility index (Phi) is 2.43. The van der Waals surface area contributed by atoms with Crippen molar-refractivity contribution in [1.29, 1.82) is 0 Å². The Morgan fingerprint density at radius 2 is 2.18 bits per heavy atom. The summed E-state index contributed by atoms with van der Waals surface area (Å²) in [7, 11) is 1.91. The topological polar surface area (TPSA) is 64.2 Å². The lowest BCUT2D eigenvalue weighted by Gasteiger charge is -2.39. The average Bonchev–Trinajstić information content (AvgIpc) is 3.05. The van der Waals surface area contributed by atoms with Crippen LogP contribution in [0.15, 0.2) is 12.3 Å². The van der Waals surface area contributed by atoms with E-state index in [0.29, 0.717) is 12.5 Å². The number of carbonyl (C=O) groups is 1. The normalized spacial score (nSPS) is 29.8. The molecule has 1 aliphatic carbocycles. The van der Waals surface area contributed by atoms with E-state index >= 15 is 0 Å². The molecule has 1 aromatic heterocycles. The molecule has 92 valence electrons. The van der Waals surface area contributed by atoms with Crippen molar-refractivity contribution in [1.82, 2.24) is 14.7 Å². The maximum Gasteiger partial charge on any atom is 0.223 e. The van der Waals surface area contributed by atoms with Crippen LogP contribution in [-0.4, -0.2) is 32.7 Å². The van der Waals surface area contributed by atoms with E-state index < -0.39 is 0 Å². The summed E-state index contributed by atoms with van der Waals surface area (Å²) in [5.74, 6) is 0.250. The van der Waals surface area contributed by atoms with Gasteiger partial charge in [0.1, 0.15) is 0 Å². The largest absolute Gasteiger partial charge is 0.330 e. The van der Waals surface area contributed by atoms with Crippen molar-refractivity contribution >= 4 is 5.91 Å². The van der Waals surface area contributed by atoms with E-state index in [4.69, 9.17) is 5.73 Å². The molecule has 17 heavy (non-hydrogen) atoms. The quantitative estimate of drug-likeness (QED) is 0.813. The molecule has 3 rings (SSSR count). The Labute approximate surface area is 101 Å². The van der Waals surface area contributed by atoms with Gasteiger partial charge in [-0.15, -0.1) is 0 Å². The number of aryl methyl sites for hydroxylation is 1. The van der Waals surface area contributed by atoms with Crippen LogP contribution in [0.1, 0.15) is 37.4 Å². The van der Waals surface area contributed by atoms with Gasteiger partial charge in [-0.2, -0.15) is 5.10 Å². The van der Waals surface area contributed by atoms with Crippen LogP contribution in [0, 0.1) is 0 Å². The number of amides is 1. The lowest BCUT2D eigenvalue weighted by molar-refractivity contribution is -0.138. The number of aromatic nitrogens is 2.